The van der Waals surface area contributed by atoms with Gasteiger partial charge in [-0.3, -0.25) is 9.88 Å². The minimum absolute atomic E-state index is 0.0593. The Morgan fingerprint density at radius 1 is 1.20 bits per heavy atom. The zero-order valence-corrected chi connectivity index (χ0v) is 24.3. The summed E-state index contributed by atoms with van der Waals surface area (Å²) >= 11 is 6.32. The minimum atomic E-state index is -1.15. The van der Waals surface area contributed by atoms with Crippen molar-refractivity contribution in [1.82, 2.24) is 24.8 Å². The molecule has 2 aromatic heterocycles. The first-order valence-electron chi connectivity index (χ1n) is 14.0. The van der Waals surface area contributed by atoms with Crippen LogP contribution >= 0.6 is 11.6 Å². The largest absolute Gasteiger partial charge is 0.465 e. The van der Waals surface area contributed by atoms with Crippen LogP contribution in [-0.2, 0) is 0 Å². The van der Waals surface area contributed by atoms with Crippen molar-refractivity contribution < 1.29 is 27.8 Å². The van der Waals surface area contributed by atoms with Crippen molar-refractivity contribution in [3.63, 3.8) is 0 Å². The lowest BCUT2D eigenvalue weighted by Crippen LogP contribution is -2.55. The summed E-state index contributed by atoms with van der Waals surface area (Å²) in [7, 11) is 1.79. The summed E-state index contributed by atoms with van der Waals surface area (Å²) in [4.78, 5) is 29.9. The van der Waals surface area contributed by atoms with Crippen molar-refractivity contribution in [2.45, 2.75) is 31.1 Å². The molecule has 4 heterocycles. The monoisotopic (exact) mass is 625 g/mol. The van der Waals surface area contributed by atoms with Crippen LogP contribution in [0.5, 0.6) is 6.01 Å². The second-order valence-corrected chi connectivity index (χ2v) is 11.3. The standard InChI is InChI=1S/C30H27ClF3N7O3/c1-39-10-8-20(32)22(39)15-44-29-37-27-19(28(38-29)40-11-12-41(30(42)43)17(14-40)7-9-35)13-36-26(25(27)34)18-4-2-3-16-5-6-21(33)24(31)23(16)18/h2-6,13,17,20,22H,7-8,10-12,14-15H2,1H3,(H,42,43)/t17-,20-,22+/m0/s1. The number of likely N-dealkylation sites (N-methyl/N-ethyl adjacent to an activating group) is 1. The molecule has 4 aromatic rings. The molecule has 1 N–H and O–H groups in total. The first kappa shape index (κ1) is 29.7. The highest BCUT2D eigenvalue weighted by atomic mass is 35.5. The number of hydrogen-bond acceptors (Lipinski definition) is 8. The molecular formula is C30H27ClF3N7O3. The second-order valence-electron chi connectivity index (χ2n) is 10.9. The van der Waals surface area contributed by atoms with Crippen molar-refractivity contribution >= 4 is 45.2 Å². The quantitative estimate of drug-likeness (QED) is 0.305. The van der Waals surface area contributed by atoms with Gasteiger partial charge in [0.2, 0.25) is 0 Å². The average Bonchev–Trinajstić information content (AvgIpc) is 3.34. The Balaban J connectivity index is 1.48. The van der Waals surface area contributed by atoms with Gasteiger partial charge >= 0.3 is 12.1 Å². The molecule has 1 amide bonds. The smallest absolute Gasteiger partial charge is 0.407 e. The molecule has 228 valence electrons. The number of fused-ring (bicyclic) bond motifs is 2. The van der Waals surface area contributed by atoms with E-state index in [0.717, 1.165) is 0 Å². The van der Waals surface area contributed by atoms with Crippen LogP contribution < -0.4 is 9.64 Å². The number of halogens is 4. The number of carbonyl (C=O) groups is 1. The van der Waals surface area contributed by atoms with E-state index in [1.165, 1.54) is 23.2 Å². The summed E-state index contributed by atoms with van der Waals surface area (Å²) < 4.78 is 51.4. The van der Waals surface area contributed by atoms with E-state index >= 15 is 4.39 Å². The summed E-state index contributed by atoms with van der Waals surface area (Å²) in [6, 6.07) is 8.38. The van der Waals surface area contributed by atoms with Gasteiger partial charge in [-0.2, -0.15) is 15.2 Å². The molecule has 2 saturated heterocycles. The number of piperazine rings is 1. The number of alkyl halides is 1. The molecule has 14 heteroatoms. The molecule has 0 spiro atoms. The van der Waals surface area contributed by atoms with E-state index < -0.39 is 36.0 Å². The molecule has 0 saturated carbocycles. The van der Waals surface area contributed by atoms with E-state index in [2.05, 4.69) is 15.0 Å². The second kappa shape index (κ2) is 11.9. The number of benzene rings is 2. The van der Waals surface area contributed by atoms with E-state index in [1.807, 2.05) is 11.0 Å². The zero-order valence-electron chi connectivity index (χ0n) is 23.6. The van der Waals surface area contributed by atoms with Gasteiger partial charge in [0.1, 0.15) is 35.6 Å². The Bertz CT molecular complexity index is 1800. The van der Waals surface area contributed by atoms with Gasteiger partial charge in [-0.25, -0.2) is 18.0 Å². The Hall–Kier alpha value is -4.41. The average molecular weight is 626 g/mol. The summed E-state index contributed by atoms with van der Waals surface area (Å²) in [6.07, 6.45) is -0.564. The highest BCUT2D eigenvalue weighted by Gasteiger charge is 2.34. The summed E-state index contributed by atoms with van der Waals surface area (Å²) in [5.74, 6) is -1.26. The maximum atomic E-state index is 16.5. The summed E-state index contributed by atoms with van der Waals surface area (Å²) in [6.45, 7) is 0.854. The number of anilines is 1. The minimum Gasteiger partial charge on any atom is -0.465 e. The predicted molar refractivity (Wildman–Crippen MR) is 158 cm³/mol. The highest BCUT2D eigenvalue weighted by molar-refractivity contribution is 6.36. The number of hydrogen-bond donors (Lipinski definition) is 1. The number of pyridine rings is 1. The predicted octanol–water partition coefficient (Wildman–Crippen LogP) is 5.28. The van der Waals surface area contributed by atoms with Gasteiger partial charge in [-0.05, 0) is 24.9 Å². The van der Waals surface area contributed by atoms with Gasteiger partial charge < -0.3 is 19.6 Å². The van der Waals surface area contributed by atoms with Crippen LogP contribution in [0.25, 0.3) is 32.9 Å². The molecule has 0 unspecified atom stereocenters. The number of amides is 1. The SMILES string of the molecule is CN1CC[C@H](F)[C@H]1COc1nc(N2CCN(C(=O)O)[C@@H](CC#N)C2)c2cnc(-c3cccc4ccc(F)c(Cl)c34)c(F)c2n1. The van der Waals surface area contributed by atoms with Crippen molar-refractivity contribution in [3.8, 4) is 23.3 Å². The molecule has 2 fully saturated rings. The molecule has 0 aliphatic carbocycles. The number of nitriles is 1. The van der Waals surface area contributed by atoms with Gasteiger partial charge in [0.05, 0.1) is 35.0 Å². The Morgan fingerprint density at radius 2 is 2.02 bits per heavy atom. The number of aromatic nitrogens is 3. The maximum Gasteiger partial charge on any atom is 0.407 e. The third-order valence-electron chi connectivity index (χ3n) is 8.31. The van der Waals surface area contributed by atoms with Gasteiger partial charge in [0, 0.05) is 43.3 Å². The van der Waals surface area contributed by atoms with Crippen LogP contribution in [0.3, 0.4) is 0 Å². The van der Waals surface area contributed by atoms with Gasteiger partial charge in [0.25, 0.3) is 0 Å². The molecule has 44 heavy (non-hydrogen) atoms. The fraction of sp³-hybridized carbons (Fsp3) is 0.367. The lowest BCUT2D eigenvalue weighted by molar-refractivity contribution is 0.119. The van der Waals surface area contributed by atoms with E-state index in [0.29, 0.717) is 18.4 Å². The normalized spacial score (nSPS) is 20.8. The van der Waals surface area contributed by atoms with E-state index in [-0.39, 0.29) is 77.1 Å². The van der Waals surface area contributed by atoms with Crippen LogP contribution in [0.2, 0.25) is 5.02 Å². The third kappa shape index (κ3) is 5.28. The number of carboxylic acid groups (broad SMARTS) is 1. The number of likely N-dealkylation sites (tertiary alicyclic amines) is 1. The Labute approximate surface area is 255 Å². The Kier molecular flexibility index (Phi) is 8.04. The lowest BCUT2D eigenvalue weighted by atomic mass is 10.0. The maximum absolute atomic E-state index is 16.5. The molecule has 0 radical (unpaired) electrons. The van der Waals surface area contributed by atoms with Crippen molar-refractivity contribution in [1.29, 1.82) is 5.26 Å². The zero-order chi connectivity index (χ0) is 31.1. The number of nitrogens with zero attached hydrogens (tertiary/aromatic N) is 7. The molecule has 0 bridgehead atoms. The van der Waals surface area contributed by atoms with Crippen molar-refractivity contribution in [2.24, 2.45) is 0 Å². The molecule has 2 aliphatic rings. The van der Waals surface area contributed by atoms with Crippen LogP contribution in [-0.4, -0.2) is 94.0 Å². The molecular weight excluding hydrogens is 599 g/mol. The first-order valence-corrected chi connectivity index (χ1v) is 14.4. The molecule has 2 aromatic carbocycles. The lowest BCUT2D eigenvalue weighted by Gasteiger charge is -2.39. The van der Waals surface area contributed by atoms with Crippen LogP contribution in [0.1, 0.15) is 12.8 Å². The van der Waals surface area contributed by atoms with Gasteiger partial charge in [-0.15, -0.1) is 0 Å². The third-order valence-corrected chi connectivity index (χ3v) is 8.68. The van der Waals surface area contributed by atoms with Crippen LogP contribution in [0.15, 0.2) is 36.5 Å². The first-order chi connectivity index (χ1) is 21.2. The number of rotatable bonds is 6. The molecule has 2 aliphatic heterocycles. The van der Waals surface area contributed by atoms with E-state index in [1.54, 1.807) is 30.1 Å². The summed E-state index contributed by atoms with van der Waals surface area (Å²) in [5.41, 5.74) is -0.0109. The molecule has 3 atom stereocenters. The highest BCUT2D eigenvalue weighted by Crippen LogP contribution is 2.38. The number of ether oxygens (including phenoxy) is 1. The Morgan fingerprint density at radius 3 is 2.75 bits per heavy atom. The molecule has 6 rings (SSSR count). The summed E-state index contributed by atoms with van der Waals surface area (Å²) in [5, 5.41) is 19.9. The van der Waals surface area contributed by atoms with Gasteiger partial charge in [-0.1, -0.05) is 35.9 Å². The van der Waals surface area contributed by atoms with Crippen LogP contribution in [0.4, 0.5) is 23.8 Å². The molecule has 10 nitrogen and oxygen atoms in total. The van der Waals surface area contributed by atoms with Crippen molar-refractivity contribution in [2.75, 3.05) is 44.7 Å². The van der Waals surface area contributed by atoms with Gasteiger partial charge in [0.15, 0.2) is 5.82 Å². The fourth-order valence-electron chi connectivity index (χ4n) is 5.95. The van der Waals surface area contributed by atoms with Crippen molar-refractivity contribution in [3.05, 3.63) is 53.2 Å². The topological polar surface area (TPSA) is 119 Å². The fourth-order valence-corrected chi connectivity index (χ4v) is 6.23. The van der Waals surface area contributed by atoms with E-state index in [4.69, 9.17) is 16.3 Å². The van der Waals surface area contributed by atoms with Crippen LogP contribution in [0, 0.1) is 23.0 Å². The van der Waals surface area contributed by atoms with E-state index in [9.17, 15) is 23.9 Å².